The number of nitrogens with two attached hydrogens (primary N) is 1. The number of amides is 1. The molecule has 4 N–H and O–H groups in total. The Morgan fingerprint density at radius 1 is 1.25 bits per heavy atom. The van der Waals surface area contributed by atoms with Gasteiger partial charge in [-0.25, -0.2) is 4.79 Å². The number of rotatable bonds is 2. The third-order valence-electron chi connectivity index (χ3n) is 0.376. The van der Waals surface area contributed by atoms with E-state index >= 15 is 0 Å². The van der Waals surface area contributed by atoms with E-state index in [2.05, 4.69) is 18.9 Å². The van der Waals surface area contributed by atoms with Crippen molar-refractivity contribution in [1.82, 2.24) is 0 Å². The molecule has 0 bridgehead atoms. The Labute approximate surface area is 92.5 Å². The number of carbonyl (C=O) groups excluding carboxylic acids is 1. The Bertz CT molecular complexity index is 140. The van der Waals surface area contributed by atoms with Crippen LogP contribution in [0.5, 0.6) is 0 Å². The summed E-state index contributed by atoms with van der Waals surface area (Å²) in [4.78, 5) is 18.7. The van der Waals surface area contributed by atoms with Crippen LogP contribution in [0.25, 0.3) is 0 Å². The second-order valence-electron chi connectivity index (χ2n) is 1.15. The van der Waals surface area contributed by atoms with Crippen molar-refractivity contribution in [2.24, 2.45) is 5.73 Å². The van der Waals surface area contributed by atoms with Crippen molar-refractivity contribution in [3.05, 3.63) is 25.3 Å². The molecule has 6 heteroatoms. The van der Waals surface area contributed by atoms with Gasteiger partial charge in [0.2, 0.25) is 5.91 Å². The van der Waals surface area contributed by atoms with E-state index in [1.165, 1.54) is 0 Å². The third kappa shape index (κ3) is 57.7. The molecule has 0 aliphatic carbocycles. The van der Waals surface area contributed by atoms with Gasteiger partial charge in [-0.05, 0) is 6.08 Å². The van der Waals surface area contributed by atoms with Gasteiger partial charge in [0.15, 0.2) is 0 Å². The molecule has 0 saturated heterocycles. The molecule has 0 saturated carbocycles. The monoisotopic (exact) mass is 183 g/mol. The molecular weight excluding hydrogens is 173 g/mol. The van der Waals surface area contributed by atoms with Gasteiger partial charge >= 0.3 is 35.5 Å². The molecule has 0 rings (SSSR count). The molecule has 0 aliphatic rings. The molecule has 0 atom stereocenters. The van der Waals surface area contributed by atoms with Gasteiger partial charge in [0.1, 0.15) is 0 Å². The van der Waals surface area contributed by atoms with Gasteiger partial charge in [-0.1, -0.05) is 13.2 Å². The van der Waals surface area contributed by atoms with Crippen molar-refractivity contribution in [2.75, 3.05) is 0 Å². The van der Waals surface area contributed by atoms with E-state index in [-0.39, 0.29) is 35.0 Å². The van der Waals surface area contributed by atoms with E-state index in [1.54, 1.807) is 0 Å². The summed E-state index contributed by atoms with van der Waals surface area (Å²) in [5.41, 5.74) is 4.53. The maximum Gasteiger partial charge on any atom is 1.00 e. The molecule has 0 aromatic heterocycles. The van der Waals surface area contributed by atoms with E-state index in [0.717, 1.165) is 12.2 Å². The number of carboxylic acid groups (broad SMARTS) is 1. The summed E-state index contributed by atoms with van der Waals surface area (Å²) in [5.74, 6) is -1.46. The molecule has 12 heavy (non-hydrogen) atoms. The van der Waals surface area contributed by atoms with Crippen molar-refractivity contribution in [3.63, 3.8) is 0 Å². The number of carbonyl (C=O) groups is 2. The first-order valence-electron chi connectivity index (χ1n) is 2.31. The average molecular weight is 183 g/mol. The minimum absolute atomic E-state index is 0. The van der Waals surface area contributed by atoms with Crippen LogP contribution in [0.4, 0.5) is 0 Å². The van der Waals surface area contributed by atoms with Crippen molar-refractivity contribution in [1.29, 1.82) is 0 Å². The SMILES string of the molecule is C=CC(=O)O.C=CC(N)=O.[Na+].[OH-]. The molecule has 0 fully saturated rings. The molecular formula is C6H10NNaO4. The van der Waals surface area contributed by atoms with Crippen molar-refractivity contribution < 1.29 is 49.7 Å². The Morgan fingerprint density at radius 2 is 1.42 bits per heavy atom. The molecule has 64 valence electrons. The zero-order chi connectivity index (χ0) is 8.57. The predicted octanol–water partition coefficient (Wildman–Crippen LogP) is -3.26. The number of carboxylic acids is 1. The van der Waals surface area contributed by atoms with E-state index in [1.807, 2.05) is 0 Å². The van der Waals surface area contributed by atoms with Crippen molar-refractivity contribution in [2.45, 2.75) is 0 Å². The minimum atomic E-state index is -0.981. The zero-order valence-electron chi connectivity index (χ0n) is 6.86. The van der Waals surface area contributed by atoms with Crippen LogP contribution in [0.15, 0.2) is 25.3 Å². The van der Waals surface area contributed by atoms with Crippen LogP contribution in [-0.2, 0) is 9.59 Å². The maximum absolute atomic E-state index is 9.47. The van der Waals surface area contributed by atoms with Gasteiger partial charge in [0.25, 0.3) is 0 Å². The molecule has 0 unspecified atom stereocenters. The van der Waals surface area contributed by atoms with Crippen LogP contribution in [0, 0.1) is 0 Å². The predicted molar refractivity (Wildman–Crippen MR) is 39.2 cm³/mol. The first-order valence-corrected chi connectivity index (χ1v) is 2.31. The Morgan fingerprint density at radius 3 is 1.42 bits per heavy atom. The third-order valence-corrected chi connectivity index (χ3v) is 0.376. The summed E-state index contributed by atoms with van der Waals surface area (Å²) in [6.45, 7) is 6.05. The summed E-state index contributed by atoms with van der Waals surface area (Å²) >= 11 is 0. The van der Waals surface area contributed by atoms with Gasteiger partial charge in [-0.3, -0.25) is 4.79 Å². The van der Waals surface area contributed by atoms with Crippen LogP contribution >= 0.6 is 0 Å². The Balaban J connectivity index is -0.0000000457. The maximum atomic E-state index is 9.47. The summed E-state index contributed by atoms with van der Waals surface area (Å²) in [5, 5.41) is 7.60. The fourth-order valence-electron chi connectivity index (χ4n) is 0. The number of primary amides is 1. The number of hydrogen-bond donors (Lipinski definition) is 2. The second-order valence-corrected chi connectivity index (χ2v) is 1.15. The largest absolute Gasteiger partial charge is 1.00 e. The standard InChI is InChI=1S/C3H5NO.C3H4O2.Na.H2O/c2*1-2-3(4)5;;/h2H,1H2,(H2,4,5);2H,1H2,(H,4,5);;1H2/q;;+1;/p-1. The molecule has 0 aromatic rings. The van der Waals surface area contributed by atoms with Crippen molar-refractivity contribution >= 4 is 11.9 Å². The summed E-state index contributed by atoms with van der Waals surface area (Å²) in [6.07, 6.45) is 1.89. The van der Waals surface area contributed by atoms with Gasteiger partial charge < -0.3 is 16.3 Å². The van der Waals surface area contributed by atoms with Crippen LogP contribution in [-0.4, -0.2) is 22.5 Å². The molecule has 5 nitrogen and oxygen atoms in total. The van der Waals surface area contributed by atoms with Crippen LogP contribution in [0.1, 0.15) is 0 Å². The summed E-state index contributed by atoms with van der Waals surface area (Å²) in [7, 11) is 0. The van der Waals surface area contributed by atoms with Crippen LogP contribution in [0.3, 0.4) is 0 Å². The van der Waals surface area contributed by atoms with Crippen molar-refractivity contribution in [3.8, 4) is 0 Å². The number of hydrogen-bond acceptors (Lipinski definition) is 3. The van der Waals surface area contributed by atoms with Crippen LogP contribution in [0.2, 0.25) is 0 Å². The molecule has 0 radical (unpaired) electrons. The first-order chi connectivity index (χ1) is 4.54. The molecule has 0 spiro atoms. The summed E-state index contributed by atoms with van der Waals surface area (Å²) in [6, 6.07) is 0. The quantitative estimate of drug-likeness (QED) is 0.346. The van der Waals surface area contributed by atoms with E-state index in [0.29, 0.717) is 0 Å². The van der Waals surface area contributed by atoms with Gasteiger partial charge in [0.05, 0.1) is 0 Å². The molecule has 1 amide bonds. The topological polar surface area (TPSA) is 110 Å². The smallest absolute Gasteiger partial charge is 0.870 e. The Hall–Kier alpha value is -0.620. The average Bonchev–Trinajstić information content (AvgIpc) is 1.89. The summed E-state index contributed by atoms with van der Waals surface area (Å²) < 4.78 is 0. The first kappa shape index (κ1) is 22.5. The van der Waals surface area contributed by atoms with Crippen LogP contribution < -0.4 is 35.3 Å². The zero-order valence-corrected chi connectivity index (χ0v) is 8.86. The fourth-order valence-corrected chi connectivity index (χ4v) is 0. The molecule has 0 aliphatic heterocycles. The Kier molecular flexibility index (Phi) is 31.5. The normalized spacial score (nSPS) is 5.33. The fraction of sp³-hybridized carbons (Fsp3) is 0. The van der Waals surface area contributed by atoms with E-state index in [9.17, 15) is 9.59 Å². The second kappa shape index (κ2) is 16.8. The van der Waals surface area contributed by atoms with Gasteiger partial charge in [0, 0.05) is 6.08 Å². The molecule has 0 aromatic carbocycles. The minimum Gasteiger partial charge on any atom is -0.870 e. The van der Waals surface area contributed by atoms with E-state index in [4.69, 9.17) is 5.11 Å². The molecule has 0 heterocycles. The van der Waals surface area contributed by atoms with E-state index < -0.39 is 11.9 Å². The van der Waals surface area contributed by atoms with Gasteiger partial charge in [-0.15, -0.1) is 0 Å². The number of aliphatic carboxylic acids is 1. The van der Waals surface area contributed by atoms with Gasteiger partial charge in [-0.2, -0.15) is 0 Å².